The predicted octanol–water partition coefficient (Wildman–Crippen LogP) is 4.66. The second-order valence-corrected chi connectivity index (χ2v) is 5.54. The largest absolute Gasteiger partial charge is 0.492 e. The monoisotopic (exact) mass is 321 g/mol. The van der Waals surface area contributed by atoms with Gasteiger partial charge in [-0.1, -0.05) is 54.6 Å². The summed E-state index contributed by atoms with van der Waals surface area (Å²) < 4.78 is 18.5. The summed E-state index contributed by atoms with van der Waals surface area (Å²) in [5, 5.41) is 3.28. The van der Waals surface area contributed by atoms with Crippen LogP contribution in [0, 0.1) is 5.82 Å². The zero-order valence-corrected chi connectivity index (χ0v) is 13.4. The van der Waals surface area contributed by atoms with Gasteiger partial charge in [-0.3, -0.25) is 0 Å². The molecule has 0 aliphatic rings. The Hall–Kier alpha value is -2.65. The molecule has 0 aliphatic heterocycles. The maximum atomic E-state index is 12.8. The van der Waals surface area contributed by atoms with Crippen molar-refractivity contribution < 1.29 is 9.13 Å². The summed E-state index contributed by atoms with van der Waals surface area (Å²) in [6, 6.07) is 24.9. The Morgan fingerprint density at radius 3 is 2.12 bits per heavy atom. The quantitative estimate of drug-likeness (QED) is 0.639. The number of halogens is 1. The normalized spacial score (nSPS) is 10.5. The first-order valence-corrected chi connectivity index (χ1v) is 8.05. The van der Waals surface area contributed by atoms with Crippen LogP contribution >= 0.6 is 0 Å². The number of ether oxygens (including phenoxy) is 1. The van der Waals surface area contributed by atoms with Crippen LogP contribution in [0.5, 0.6) is 5.75 Å². The summed E-state index contributed by atoms with van der Waals surface area (Å²) in [4.78, 5) is 0. The van der Waals surface area contributed by atoms with Crippen molar-refractivity contribution in [2.24, 2.45) is 0 Å². The van der Waals surface area contributed by atoms with Gasteiger partial charge in [-0.05, 0) is 41.0 Å². The van der Waals surface area contributed by atoms with Gasteiger partial charge in [0.05, 0.1) is 0 Å². The van der Waals surface area contributed by atoms with Crippen LogP contribution < -0.4 is 10.1 Å². The Kier molecular flexibility index (Phi) is 5.59. The number of nitrogens with one attached hydrogen (secondary N) is 1. The lowest BCUT2D eigenvalue weighted by atomic mass is 10.1. The van der Waals surface area contributed by atoms with Gasteiger partial charge in [0.25, 0.3) is 0 Å². The summed E-state index contributed by atoms with van der Waals surface area (Å²) in [7, 11) is 0. The molecule has 0 amide bonds. The molecule has 122 valence electrons. The maximum Gasteiger partial charge on any atom is 0.123 e. The highest BCUT2D eigenvalue weighted by Crippen LogP contribution is 2.21. The molecule has 3 heteroatoms. The molecule has 0 radical (unpaired) electrons. The average Bonchev–Trinajstić information content (AvgIpc) is 2.64. The lowest BCUT2D eigenvalue weighted by molar-refractivity contribution is 0.313. The average molecular weight is 321 g/mol. The second kappa shape index (κ2) is 8.27. The van der Waals surface area contributed by atoms with Crippen molar-refractivity contribution in [3.8, 4) is 16.9 Å². The van der Waals surface area contributed by atoms with Crippen molar-refractivity contribution in [3.63, 3.8) is 0 Å². The summed E-state index contributed by atoms with van der Waals surface area (Å²) in [5.74, 6) is 0.652. The molecule has 0 atom stereocenters. The van der Waals surface area contributed by atoms with Crippen LogP contribution in [0.3, 0.4) is 0 Å². The Balaban J connectivity index is 1.41. The van der Waals surface area contributed by atoms with Crippen LogP contribution in [0.25, 0.3) is 11.1 Å². The van der Waals surface area contributed by atoms with Gasteiger partial charge in [0.2, 0.25) is 0 Å². The van der Waals surface area contributed by atoms with Crippen LogP contribution in [-0.2, 0) is 6.54 Å². The highest BCUT2D eigenvalue weighted by Gasteiger charge is 1.98. The van der Waals surface area contributed by atoms with Crippen molar-refractivity contribution >= 4 is 0 Å². The van der Waals surface area contributed by atoms with E-state index in [4.69, 9.17) is 4.74 Å². The van der Waals surface area contributed by atoms with E-state index in [9.17, 15) is 4.39 Å². The first-order valence-electron chi connectivity index (χ1n) is 8.05. The van der Waals surface area contributed by atoms with Gasteiger partial charge in [-0.2, -0.15) is 0 Å². The van der Waals surface area contributed by atoms with Gasteiger partial charge in [-0.25, -0.2) is 4.39 Å². The van der Waals surface area contributed by atoms with E-state index in [1.165, 1.54) is 23.3 Å². The molecule has 0 saturated heterocycles. The SMILES string of the molecule is Fc1ccc(CNCCOc2ccc(-c3ccccc3)cc2)cc1. The van der Waals surface area contributed by atoms with E-state index in [2.05, 4.69) is 29.6 Å². The molecule has 0 unspecified atom stereocenters. The second-order valence-electron chi connectivity index (χ2n) is 5.54. The van der Waals surface area contributed by atoms with E-state index in [0.717, 1.165) is 17.9 Å². The molecule has 0 bridgehead atoms. The summed E-state index contributed by atoms with van der Waals surface area (Å²) in [5.41, 5.74) is 3.44. The first kappa shape index (κ1) is 16.2. The smallest absolute Gasteiger partial charge is 0.123 e. The van der Waals surface area contributed by atoms with Crippen LogP contribution in [0.15, 0.2) is 78.9 Å². The minimum absolute atomic E-state index is 0.207. The Bertz CT molecular complexity index is 739. The summed E-state index contributed by atoms with van der Waals surface area (Å²) >= 11 is 0. The third-order valence-corrected chi connectivity index (χ3v) is 3.75. The van der Waals surface area contributed by atoms with Crippen molar-refractivity contribution in [2.75, 3.05) is 13.2 Å². The van der Waals surface area contributed by atoms with Crippen LogP contribution in [0.1, 0.15) is 5.56 Å². The number of hydrogen-bond donors (Lipinski definition) is 1. The molecular weight excluding hydrogens is 301 g/mol. The standard InChI is InChI=1S/C21H20FNO/c22-20-10-6-17(7-11-20)16-23-14-15-24-21-12-8-19(9-13-21)18-4-2-1-3-5-18/h1-13,23H,14-16H2. The molecule has 24 heavy (non-hydrogen) atoms. The fourth-order valence-electron chi connectivity index (χ4n) is 2.45. The number of hydrogen-bond acceptors (Lipinski definition) is 2. The Labute approximate surface area is 141 Å². The molecule has 0 fully saturated rings. The first-order chi connectivity index (χ1) is 11.8. The van der Waals surface area contributed by atoms with Crippen molar-refractivity contribution in [3.05, 3.63) is 90.2 Å². The van der Waals surface area contributed by atoms with E-state index in [1.54, 1.807) is 12.1 Å². The maximum absolute atomic E-state index is 12.8. The molecule has 3 rings (SSSR count). The number of rotatable bonds is 7. The van der Waals surface area contributed by atoms with Gasteiger partial charge >= 0.3 is 0 Å². The molecule has 0 aliphatic carbocycles. The van der Waals surface area contributed by atoms with Gasteiger partial charge in [0.15, 0.2) is 0 Å². The van der Waals surface area contributed by atoms with E-state index in [1.807, 2.05) is 30.3 Å². The van der Waals surface area contributed by atoms with Crippen LogP contribution in [0.4, 0.5) is 4.39 Å². The third-order valence-electron chi connectivity index (χ3n) is 3.75. The minimum atomic E-state index is -0.207. The van der Waals surface area contributed by atoms with Gasteiger partial charge in [0, 0.05) is 13.1 Å². The number of benzene rings is 3. The Morgan fingerprint density at radius 1 is 0.750 bits per heavy atom. The third kappa shape index (κ3) is 4.67. The van der Waals surface area contributed by atoms with Gasteiger partial charge < -0.3 is 10.1 Å². The molecule has 3 aromatic rings. The zero-order chi connectivity index (χ0) is 16.6. The summed E-state index contributed by atoms with van der Waals surface area (Å²) in [6.45, 7) is 2.03. The molecule has 0 spiro atoms. The van der Waals surface area contributed by atoms with Gasteiger partial charge in [-0.15, -0.1) is 0 Å². The van der Waals surface area contributed by atoms with E-state index < -0.39 is 0 Å². The lowest BCUT2D eigenvalue weighted by Gasteiger charge is -2.09. The minimum Gasteiger partial charge on any atom is -0.492 e. The van der Waals surface area contributed by atoms with E-state index >= 15 is 0 Å². The molecule has 3 aromatic carbocycles. The lowest BCUT2D eigenvalue weighted by Crippen LogP contribution is -2.20. The molecule has 1 N–H and O–H groups in total. The van der Waals surface area contributed by atoms with Gasteiger partial charge in [0.1, 0.15) is 18.2 Å². The van der Waals surface area contributed by atoms with Crippen molar-refractivity contribution in [2.45, 2.75) is 6.54 Å². The fourth-order valence-corrected chi connectivity index (χ4v) is 2.45. The van der Waals surface area contributed by atoms with E-state index in [-0.39, 0.29) is 5.82 Å². The summed E-state index contributed by atoms with van der Waals surface area (Å²) in [6.07, 6.45) is 0. The fraction of sp³-hybridized carbons (Fsp3) is 0.143. The van der Waals surface area contributed by atoms with Crippen molar-refractivity contribution in [1.29, 1.82) is 0 Å². The molecule has 0 heterocycles. The van der Waals surface area contributed by atoms with Crippen LogP contribution in [0.2, 0.25) is 0 Å². The molecule has 2 nitrogen and oxygen atoms in total. The van der Waals surface area contributed by atoms with Crippen LogP contribution in [-0.4, -0.2) is 13.2 Å². The predicted molar refractivity (Wildman–Crippen MR) is 95.5 cm³/mol. The topological polar surface area (TPSA) is 21.3 Å². The van der Waals surface area contributed by atoms with Crippen molar-refractivity contribution in [1.82, 2.24) is 5.32 Å². The molecule has 0 saturated carbocycles. The highest BCUT2D eigenvalue weighted by molar-refractivity contribution is 5.63. The zero-order valence-electron chi connectivity index (χ0n) is 13.4. The highest BCUT2D eigenvalue weighted by atomic mass is 19.1. The Morgan fingerprint density at radius 2 is 1.42 bits per heavy atom. The molecular formula is C21H20FNO. The van der Waals surface area contributed by atoms with E-state index in [0.29, 0.717) is 13.2 Å². The molecule has 0 aromatic heterocycles.